The second-order valence-electron chi connectivity index (χ2n) is 4.87. The first-order chi connectivity index (χ1) is 9.43. The van der Waals surface area contributed by atoms with Crippen LogP contribution in [0.3, 0.4) is 0 Å². The van der Waals surface area contributed by atoms with Gasteiger partial charge in [0.2, 0.25) is 10.0 Å². The van der Waals surface area contributed by atoms with Crippen molar-refractivity contribution in [1.82, 2.24) is 4.31 Å². The van der Waals surface area contributed by atoms with Gasteiger partial charge in [0.25, 0.3) is 0 Å². The molecule has 7 heteroatoms. The molecule has 1 aliphatic heterocycles. The number of hydrogen-bond donors (Lipinski definition) is 0. The number of sulfonamides is 1. The molecule has 0 aliphatic carbocycles. The number of hydrogen-bond acceptors (Lipinski definition) is 2. The first-order valence-electron chi connectivity index (χ1n) is 6.57. The fraction of sp³-hybridized carbons (Fsp3) is 0.538. The molecule has 3 nitrogen and oxygen atoms in total. The predicted molar refractivity (Wildman–Crippen MR) is 86.0 cm³/mol. The van der Waals surface area contributed by atoms with Crippen molar-refractivity contribution in [1.29, 1.82) is 0 Å². The topological polar surface area (TPSA) is 37.4 Å². The highest BCUT2D eigenvalue weighted by molar-refractivity contribution is 9.10. The quantitative estimate of drug-likeness (QED) is 0.720. The zero-order valence-electron chi connectivity index (χ0n) is 10.9. The predicted octanol–water partition coefficient (Wildman–Crippen LogP) is 4.71. The molecule has 0 N–H and O–H groups in total. The standard InChI is InChI=1S/C13H16BrCl2NO2S/c14-10-8-11(15)13(12(16)9-10)20(18,19)17-6-4-2-1-3-5-7-17/h8-9H,1-7H2. The van der Waals surface area contributed by atoms with Crippen LogP contribution in [-0.4, -0.2) is 25.8 Å². The van der Waals surface area contributed by atoms with Gasteiger partial charge in [-0.1, -0.05) is 58.4 Å². The van der Waals surface area contributed by atoms with Crippen molar-refractivity contribution in [3.05, 3.63) is 26.7 Å². The first kappa shape index (κ1) is 16.6. The maximum absolute atomic E-state index is 12.7. The second-order valence-corrected chi connectivity index (χ2v) is 8.48. The number of rotatable bonds is 2. The van der Waals surface area contributed by atoms with Crippen molar-refractivity contribution in [2.24, 2.45) is 0 Å². The van der Waals surface area contributed by atoms with E-state index in [2.05, 4.69) is 15.9 Å². The largest absolute Gasteiger partial charge is 0.246 e. The molecule has 1 aromatic rings. The first-order valence-corrected chi connectivity index (χ1v) is 9.56. The van der Waals surface area contributed by atoms with Gasteiger partial charge in [0.15, 0.2) is 0 Å². The van der Waals surface area contributed by atoms with Gasteiger partial charge in [-0.05, 0) is 25.0 Å². The Morgan fingerprint density at radius 1 is 0.950 bits per heavy atom. The third-order valence-corrected chi connectivity index (χ3v) is 6.65. The molecular weight excluding hydrogens is 385 g/mol. The molecule has 1 aliphatic rings. The van der Waals surface area contributed by atoms with Crippen LogP contribution >= 0.6 is 39.1 Å². The van der Waals surface area contributed by atoms with Crippen molar-refractivity contribution in [2.45, 2.75) is 37.0 Å². The number of benzene rings is 1. The van der Waals surface area contributed by atoms with Crippen molar-refractivity contribution in [2.75, 3.05) is 13.1 Å². The summed E-state index contributed by atoms with van der Waals surface area (Å²) in [7, 11) is -3.63. The van der Waals surface area contributed by atoms with Crippen LogP contribution in [-0.2, 0) is 10.0 Å². The van der Waals surface area contributed by atoms with E-state index in [-0.39, 0.29) is 14.9 Å². The van der Waals surface area contributed by atoms with E-state index in [1.54, 1.807) is 12.1 Å². The molecule has 0 atom stereocenters. The molecule has 20 heavy (non-hydrogen) atoms. The lowest BCUT2D eigenvalue weighted by molar-refractivity contribution is 0.364. The zero-order chi connectivity index (χ0) is 14.8. The smallest absolute Gasteiger partial charge is 0.207 e. The van der Waals surface area contributed by atoms with Crippen molar-refractivity contribution < 1.29 is 8.42 Å². The average Bonchev–Trinajstić information content (AvgIpc) is 2.25. The van der Waals surface area contributed by atoms with Gasteiger partial charge < -0.3 is 0 Å². The lowest BCUT2D eigenvalue weighted by atomic mass is 10.1. The maximum atomic E-state index is 12.7. The van der Waals surface area contributed by atoms with E-state index in [9.17, 15) is 8.42 Å². The van der Waals surface area contributed by atoms with Gasteiger partial charge in [-0.15, -0.1) is 0 Å². The Labute approximate surface area is 138 Å². The minimum atomic E-state index is -3.63. The third-order valence-electron chi connectivity index (χ3n) is 3.38. The fourth-order valence-electron chi connectivity index (χ4n) is 2.36. The van der Waals surface area contributed by atoms with E-state index in [0.29, 0.717) is 17.6 Å². The summed E-state index contributed by atoms with van der Waals surface area (Å²) in [5.74, 6) is 0. The number of nitrogens with zero attached hydrogens (tertiary/aromatic N) is 1. The van der Waals surface area contributed by atoms with Gasteiger partial charge in [-0.3, -0.25) is 0 Å². The summed E-state index contributed by atoms with van der Waals surface area (Å²) in [4.78, 5) is 0.0182. The molecule has 1 heterocycles. The van der Waals surface area contributed by atoms with Gasteiger partial charge in [0.1, 0.15) is 4.90 Å². The van der Waals surface area contributed by atoms with Gasteiger partial charge >= 0.3 is 0 Å². The third kappa shape index (κ3) is 3.69. The summed E-state index contributed by atoms with van der Waals surface area (Å²) in [6.45, 7) is 1.07. The highest BCUT2D eigenvalue weighted by atomic mass is 79.9. The molecule has 1 saturated heterocycles. The molecule has 0 unspecified atom stereocenters. The van der Waals surface area contributed by atoms with Crippen LogP contribution in [0.25, 0.3) is 0 Å². The lowest BCUT2D eigenvalue weighted by Crippen LogP contribution is -2.34. The van der Waals surface area contributed by atoms with Crippen LogP contribution in [0.4, 0.5) is 0 Å². The molecule has 2 rings (SSSR count). The summed E-state index contributed by atoms with van der Waals surface area (Å²) in [6, 6.07) is 3.12. The van der Waals surface area contributed by atoms with Gasteiger partial charge in [-0.25, -0.2) is 8.42 Å². The second kappa shape index (κ2) is 6.97. The van der Waals surface area contributed by atoms with Gasteiger partial charge in [-0.2, -0.15) is 4.31 Å². The van der Waals surface area contributed by atoms with Crippen LogP contribution in [0, 0.1) is 0 Å². The van der Waals surface area contributed by atoms with E-state index in [4.69, 9.17) is 23.2 Å². The molecule has 0 saturated carbocycles. The Bertz CT molecular complexity index is 561. The zero-order valence-corrected chi connectivity index (χ0v) is 14.8. The van der Waals surface area contributed by atoms with Crippen LogP contribution in [0.1, 0.15) is 32.1 Å². The highest BCUT2D eigenvalue weighted by Gasteiger charge is 2.29. The van der Waals surface area contributed by atoms with E-state index in [0.717, 1.165) is 25.7 Å². The Kier molecular flexibility index (Phi) is 5.77. The molecule has 0 bridgehead atoms. The Balaban J connectivity index is 2.38. The maximum Gasteiger partial charge on any atom is 0.246 e. The summed E-state index contributed by atoms with van der Waals surface area (Å²) >= 11 is 15.4. The number of halogens is 3. The van der Waals surface area contributed by atoms with Crippen LogP contribution in [0.2, 0.25) is 10.0 Å². The van der Waals surface area contributed by atoms with E-state index in [1.807, 2.05) is 0 Å². The summed E-state index contributed by atoms with van der Waals surface area (Å²) in [6.07, 6.45) is 5.06. The lowest BCUT2D eigenvalue weighted by Gasteiger charge is -2.25. The molecule has 0 amide bonds. The molecule has 1 fully saturated rings. The highest BCUT2D eigenvalue weighted by Crippen LogP contribution is 2.35. The molecular formula is C13H16BrCl2NO2S. The van der Waals surface area contributed by atoms with Gasteiger partial charge in [0, 0.05) is 17.6 Å². The Morgan fingerprint density at radius 2 is 1.40 bits per heavy atom. The SMILES string of the molecule is O=S(=O)(c1c(Cl)cc(Br)cc1Cl)N1CCCCCCC1. The summed E-state index contributed by atoms with van der Waals surface area (Å²) in [5.41, 5.74) is 0. The van der Waals surface area contributed by atoms with Crippen LogP contribution < -0.4 is 0 Å². The van der Waals surface area contributed by atoms with E-state index in [1.165, 1.54) is 10.7 Å². The van der Waals surface area contributed by atoms with Crippen LogP contribution in [0.15, 0.2) is 21.5 Å². The average molecular weight is 401 g/mol. The van der Waals surface area contributed by atoms with Gasteiger partial charge in [0.05, 0.1) is 10.0 Å². The minimum Gasteiger partial charge on any atom is -0.207 e. The minimum absolute atomic E-state index is 0.0182. The Hall–Kier alpha value is 0.190. The normalized spacial score (nSPS) is 18.6. The molecule has 112 valence electrons. The van der Waals surface area contributed by atoms with Crippen LogP contribution in [0.5, 0.6) is 0 Å². The molecule has 0 spiro atoms. The Morgan fingerprint density at radius 3 is 1.90 bits per heavy atom. The van der Waals surface area contributed by atoms with E-state index >= 15 is 0 Å². The summed E-state index contributed by atoms with van der Waals surface area (Å²) < 4.78 is 27.7. The van der Waals surface area contributed by atoms with Crippen molar-refractivity contribution in [3.63, 3.8) is 0 Å². The summed E-state index contributed by atoms with van der Waals surface area (Å²) in [5, 5.41) is 0.317. The van der Waals surface area contributed by atoms with Crippen molar-refractivity contribution >= 4 is 49.2 Å². The fourth-order valence-corrected chi connectivity index (χ4v) is 5.76. The van der Waals surface area contributed by atoms with E-state index < -0.39 is 10.0 Å². The monoisotopic (exact) mass is 399 g/mol. The van der Waals surface area contributed by atoms with Crippen molar-refractivity contribution in [3.8, 4) is 0 Å². The molecule has 0 aromatic heterocycles. The molecule has 1 aromatic carbocycles. The molecule has 0 radical (unpaired) electrons.